The van der Waals surface area contributed by atoms with Crippen molar-refractivity contribution in [2.45, 2.75) is 45.4 Å². The van der Waals surface area contributed by atoms with E-state index < -0.39 is 5.92 Å². The zero-order valence-electron chi connectivity index (χ0n) is 14.1. The van der Waals surface area contributed by atoms with E-state index in [0.29, 0.717) is 24.2 Å². The average molecular weight is 326 g/mol. The Bertz CT molecular complexity index is 719. The van der Waals surface area contributed by atoms with E-state index in [1.807, 2.05) is 26.0 Å². The lowest BCUT2D eigenvalue weighted by molar-refractivity contribution is -0.139. The van der Waals surface area contributed by atoms with Gasteiger partial charge in [-0.1, -0.05) is 13.0 Å². The number of carbonyl (C=O) groups is 2. The maximum Gasteiger partial charge on any atom is 0.336 e. The quantitative estimate of drug-likeness (QED) is 0.862. The van der Waals surface area contributed by atoms with Gasteiger partial charge in [-0.15, -0.1) is 0 Å². The SMILES string of the molecule is CCCOC(=O)C1=C(C)NC2=C(C(=O)CCC2)[C@H]1c1cccnc1. The van der Waals surface area contributed by atoms with Crippen LogP contribution in [-0.4, -0.2) is 23.3 Å². The molecule has 1 aromatic rings. The number of esters is 1. The maximum absolute atomic E-state index is 12.7. The van der Waals surface area contributed by atoms with Crippen LogP contribution in [0.3, 0.4) is 0 Å². The summed E-state index contributed by atoms with van der Waals surface area (Å²) in [6, 6.07) is 3.74. The summed E-state index contributed by atoms with van der Waals surface area (Å²) in [6.07, 6.45) is 6.36. The number of ketones is 1. The van der Waals surface area contributed by atoms with Crippen LogP contribution in [0.4, 0.5) is 0 Å². The molecule has 1 N–H and O–H groups in total. The zero-order chi connectivity index (χ0) is 17.1. The van der Waals surface area contributed by atoms with E-state index in [0.717, 1.165) is 36.2 Å². The van der Waals surface area contributed by atoms with Crippen molar-refractivity contribution in [2.75, 3.05) is 6.61 Å². The van der Waals surface area contributed by atoms with Crippen LogP contribution in [0.15, 0.2) is 47.1 Å². The highest BCUT2D eigenvalue weighted by atomic mass is 16.5. The zero-order valence-corrected chi connectivity index (χ0v) is 14.1. The van der Waals surface area contributed by atoms with Gasteiger partial charge in [-0.2, -0.15) is 0 Å². The van der Waals surface area contributed by atoms with E-state index in [1.54, 1.807) is 12.4 Å². The van der Waals surface area contributed by atoms with Crippen molar-refractivity contribution < 1.29 is 14.3 Å². The third kappa shape index (κ3) is 2.98. The summed E-state index contributed by atoms with van der Waals surface area (Å²) in [5.74, 6) is -0.654. The fourth-order valence-electron chi connectivity index (χ4n) is 3.41. The summed E-state index contributed by atoms with van der Waals surface area (Å²) in [5, 5.41) is 3.27. The minimum Gasteiger partial charge on any atom is -0.462 e. The largest absolute Gasteiger partial charge is 0.462 e. The normalized spacial score (nSPS) is 20.6. The van der Waals surface area contributed by atoms with Crippen molar-refractivity contribution in [1.82, 2.24) is 10.3 Å². The topological polar surface area (TPSA) is 68.3 Å². The highest BCUT2D eigenvalue weighted by molar-refractivity contribution is 6.03. The number of hydrogen-bond acceptors (Lipinski definition) is 5. The molecule has 0 radical (unpaired) electrons. The number of hydrogen-bond donors (Lipinski definition) is 1. The van der Waals surface area contributed by atoms with E-state index in [2.05, 4.69) is 10.3 Å². The number of rotatable bonds is 4. The highest BCUT2D eigenvalue weighted by Crippen LogP contribution is 2.42. The molecule has 0 unspecified atom stereocenters. The number of carbonyl (C=O) groups excluding carboxylic acids is 2. The molecule has 1 aliphatic carbocycles. The number of dihydropyridines is 1. The molecule has 0 aromatic carbocycles. The average Bonchev–Trinajstić information content (AvgIpc) is 2.59. The molecule has 2 aliphatic rings. The molecule has 126 valence electrons. The summed E-state index contributed by atoms with van der Waals surface area (Å²) >= 11 is 0. The van der Waals surface area contributed by atoms with Crippen molar-refractivity contribution in [3.63, 3.8) is 0 Å². The fraction of sp³-hybridized carbons (Fsp3) is 0.421. The van der Waals surface area contributed by atoms with Crippen LogP contribution in [0.1, 0.15) is 51.0 Å². The van der Waals surface area contributed by atoms with Gasteiger partial charge < -0.3 is 10.1 Å². The number of aromatic nitrogens is 1. The highest BCUT2D eigenvalue weighted by Gasteiger charge is 2.39. The first-order valence-electron chi connectivity index (χ1n) is 8.44. The Labute approximate surface area is 141 Å². The van der Waals surface area contributed by atoms with Gasteiger partial charge in [-0.25, -0.2) is 4.79 Å². The van der Waals surface area contributed by atoms with E-state index in [4.69, 9.17) is 4.74 Å². The van der Waals surface area contributed by atoms with Gasteiger partial charge in [0.25, 0.3) is 0 Å². The van der Waals surface area contributed by atoms with Crippen LogP contribution in [0.2, 0.25) is 0 Å². The lowest BCUT2D eigenvalue weighted by Gasteiger charge is -2.34. The second-order valence-electron chi connectivity index (χ2n) is 6.19. The second-order valence-corrected chi connectivity index (χ2v) is 6.19. The van der Waals surface area contributed by atoms with Gasteiger partial charge in [0.2, 0.25) is 0 Å². The van der Waals surface area contributed by atoms with Crippen LogP contribution >= 0.6 is 0 Å². The molecular formula is C19H22N2O3. The molecule has 2 heterocycles. The summed E-state index contributed by atoms with van der Waals surface area (Å²) in [5.41, 5.74) is 3.77. The molecule has 1 aliphatic heterocycles. The first-order chi connectivity index (χ1) is 11.6. The third-order valence-electron chi connectivity index (χ3n) is 4.45. The second kappa shape index (κ2) is 6.99. The molecule has 1 aromatic heterocycles. The Morgan fingerprint density at radius 3 is 2.96 bits per heavy atom. The van der Waals surface area contributed by atoms with Crippen molar-refractivity contribution in [1.29, 1.82) is 0 Å². The molecule has 1 atom stereocenters. The van der Waals surface area contributed by atoms with E-state index in [-0.39, 0.29) is 11.8 Å². The Morgan fingerprint density at radius 1 is 1.42 bits per heavy atom. The van der Waals surface area contributed by atoms with Crippen LogP contribution in [-0.2, 0) is 14.3 Å². The van der Waals surface area contributed by atoms with Gasteiger partial charge in [0.1, 0.15) is 0 Å². The Balaban J connectivity index is 2.09. The molecule has 24 heavy (non-hydrogen) atoms. The first-order valence-corrected chi connectivity index (χ1v) is 8.44. The number of allylic oxidation sites excluding steroid dienone is 3. The van der Waals surface area contributed by atoms with Gasteiger partial charge in [-0.3, -0.25) is 9.78 Å². The lowest BCUT2D eigenvalue weighted by Crippen LogP contribution is -2.34. The first kappa shape index (κ1) is 16.4. The van der Waals surface area contributed by atoms with E-state index >= 15 is 0 Å². The molecule has 0 saturated carbocycles. The predicted octanol–water partition coefficient (Wildman–Crippen LogP) is 3.00. The van der Waals surface area contributed by atoms with Gasteiger partial charge in [-0.05, 0) is 37.8 Å². The van der Waals surface area contributed by atoms with Crippen molar-refractivity contribution in [3.8, 4) is 0 Å². The number of nitrogens with zero attached hydrogens (tertiary/aromatic N) is 1. The Hall–Kier alpha value is -2.43. The maximum atomic E-state index is 12.7. The van der Waals surface area contributed by atoms with Crippen LogP contribution in [0.5, 0.6) is 0 Å². The monoisotopic (exact) mass is 326 g/mol. The minimum atomic E-state index is -0.396. The van der Waals surface area contributed by atoms with Gasteiger partial charge in [0, 0.05) is 41.7 Å². The molecule has 0 saturated heterocycles. The number of pyridine rings is 1. The van der Waals surface area contributed by atoms with E-state index in [1.165, 1.54) is 0 Å². The Kier molecular flexibility index (Phi) is 4.79. The third-order valence-corrected chi connectivity index (χ3v) is 4.45. The van der Waals surface area contributed by atoms with Crippen molar-refractivity contribution in [3.05, 3.63) is 52.6 Å². The lowest BCUT2D eigenvalue weighted by atomic mass is 9.75. The molecule has 5 nitrogen and oxygen atoms in total. The molecule has 0 bridgehead atoms. The van der Waals surface area contributed by atoms with Gasteiger partial charge in [0.05, 0.1) is 12.2 Å². The summed E-state index contributed by atoms with van der Waals surface area (Å²) in [6.45, 7) is 4.20. The Morgan fingerprint density at radius 2 is 2.25 bits per heavy atom. The van der Waals surface area contributed by atoms with Crippen LogP contribution in [0, 0.1) is 0 Å². The van der Waals surface area contributed by atoms with Crippen molar-refractivity contribution >= 4 is 11.8 Å². The molecule has 3 rings (SSSR count). The predicted molar refractivity (Wildman–Crippen MR) is 89.9 cm³/mol. The standard InChI is InChI=1S/C19H22N2O3/c1-3-10-24-19(23)16-12(2)21-14-7-4-8-15(22)18(14)17(16)13-6-5-9-20-11-13/h5-6,9,11,17,21H,3-4,7-8,10H2,1-2H3/t17-/m0/s1. The smallest absolute Gasteiger partial charge is 0.336 e. The summed E-state index contributed by atoms with van der Waals surface area (Å²) in [7, 11) is 0. The molecule has 0 fully saturated rings. The summed E-state index contributed by atoms with van der Waals surface area (Å²) in [4.78, 5) is 29.4. The minimum absolute atomic E-state index is 0.103. The van der Waals surface area contributed by atoms with Gasteiger partial charge in [0.15, 0.2) is 5.78 Å². The summed E-state index contributed by atoms with van der Waals surface area (Å²) < 4.78 is 5.38. The van der Waals surface area contributed by atoms with Crippen LogP contribution in [0.25, 0.3) is 0 Å². The molecule has 0 amide bonds. The van der Waals surface area contributed by atoms with E-state index in [9.17, 15) is 9.59 Å². The van der Waals surface area contributed by atoms with Gasteiger partial charge >= 0.3 is 5.97 Å². The molecule has 0 spiro atoms. The molecular weight excluding hydrogens is 304 g/mol. The number of Topliss-reactive ketones (excluding diaryl/α,β-unsaturated/α-hetero) is 1. The van der Waals surface area contributed by atoms with Crippen molar-refractivity contribution in [2.24, 2.45) is 0 Å². The fourth-order valence-corrected chi connectivity index (χ4v) is 3.41. The number of ether oxygens (including phenoxy) is 1. The van der Waals surface area contributed by atoms with Crippen LogP contribution < -0.4 is 5.32 Å². The molecule has 5 heteroatoms. The number of nitrogens with one attached hydrogen (secondary N) is 1.